The second-order valence-corrected chi connectivity index (χ2v) is 7.08. The minimum Gasteiger partial charge on any atom is -0.479 e. The maximum Gasteiger partial charge on any atom is 0.255 e. The van der Waals surface area contributed by atoms with Crippen molar-refractivity contribution in [3.8, 4) is 17.3 Å². The van der Waals surface area contributed by atoms with Crippen molar-refractivity contribution in [2.75, 3.05) is 7.11 Å². The zero-order chi connectivity index (χ0) is 19.0. The first-order chi connectivity index (χ1) is 13.8. The Hall–Kier alpha value is -3.39. The molecule has 4 aromatic rings. The van der Waals surface area contributed by atoms with Gasteiger partial charge in [0, 0.05) is 47.9 Å². The van der Waals surface area contributed by atoms with E-state index >= 15 is 0 Å². The zero-order valence-electron chi connectivity index (χ0n) is 15.0. The molecule has 28 heavy (non-hydrogen) atoms. The Kier molecular flexibility index (Phi) is 3.98. The lowest BCUT2D eigenvalue weighted by atomic mass is 9.69. The third-order valence-electron chi connectivity index (χ3n) is 5.10. The van der Waals surface area contributed by atoms with Gasteiger partial charge < -0.3 is 4.74 Å². The van der Waals surface area contributed by atoms with Gasteiger partial charge in [0.1, 0.15) is 5.69 Å². The van der Waals surface area contributed by atoms with Gasteiger partial charge in [0.25, 0.3) is 5.88 Å². The van der Waals surface area contributed by atoms with Crippen LogP contribution < -0.4 is 4.74 Å². The lowest BCUT2D eigenvalue weighted by Gasteiger charge is -2.33. The second-order valence-electron chi connectivity index (χ2n) is 6.55. The van der Waals surface area contributed by atoms with E-state index in [1.54, 1.807) is 19.5 Å². The molecule has 0 atom stereocenters. The molecule has 0 unspecified atom stereocenters. The van der Waals surface area contributed by atoms with E-state index in [1.807, 2.05) is 24.5 Å². The molecule has 5 rings (SSSR count). The number of pyridine rings is 2. The molecule has 138 valence electrons. The average molecular weight is 388 g/mol. The molecule has 0 fully saturated rings. The maximum absolute atomic E-state index is 5.32. The topological polar surface area (TPSA) is 89.5 Å². The molecule has 0 amide bonds. The summed E-state index contributed by atoms with van der Waals surface area (Å²) in [7, 11) is 1.59. The Morgan fingerprint density at radius 2 is 1.79 bits per heavy atom. The van der Waals surface area contributed by atoms with E-state index < -0.39 is 0 Å². The SMILES string of the molecule is COc1nsnc1-c1n[nH]c2c1C=CC(c1cccnc1)(c1cccnc1)C2. The highest BCUT2D eigenvalue weighted by atomic mass is 32.1. The molecule has 0 aliphatic heterocycles. The van der Waals surface area contributed by atoms with Crippen molar-refractivity contribution in [2.24, 2.45) is 0 Å². The monoisotopic (exact) mass is 388 g/mol. The molecule has 4 aromatic heterocycles. The number of methoxy groups -OCH3 is 1. The zero-order valence-corrected chi connectivity index (χ0v) is 15.8. The molecule has 0 bridgehead atoms. The normalized spacial score (nSPS) is 14.6. The molecule has 1 aliphatic carbocycles. The van der Waals surface area contributed by atoms with Crippen LogP contribution in [0.2, 0.25) is 0 Å². The number of fused-ring (bicyclic) bond motifs is 1. The third-order valence-corrected chi connectivity index (χ3v) is 5.61. The highest BCUT2D eigenvalue weighted by Gasteiger charge is 2.37. The summed E-state index contributed by atoms with van der Waals surface area (Å²) < 4.78 is 13.9. The number of rotatable bonds is 4. The Bertz CT molecular complexity index is 1100. The first-order valence-corrected chi connectivity index (χ1v) is 9.49. The number of nitrogens with one attached hydrogen (secondary N) is 1. The molecule has 1 aliphatic rings. The summed E-state index contributed by atoms with van der Waals surface area (Å²) in [6.07, 6.45) is 12.4. The number of H-pyrrole nitrogens is 1. The van der Waals surface area contributed by atoms with Gasteiger partial charge in [0.05, 0.1) is 18.8 Å². The average Bonchev–Trinajstić information content (AvgIpc) is 3.40. The Labute approximate surface area is 165 Å². The van der Waals surface area contributed by atoms with Gasteiger partial charge >= 0.3 is 0 Å². The van der Waals surface area contributed by atoms with Crippen molar-refractivity contribution >= 4 is 17.8 Å². The first-order valence-electron chi connectivity index (χ1n) is 8.76. The lowest BCUT2D eigenvalue weighted by Crippen LogP contribution is -2.30. The number of allylic oxidation sites excluding steroid dienone is 1. The number of hydrogen-bond donors (Lipinski definition) is 1. The van der Waals surface area contributed by atoms with Crippen LogP contribution in [0.3, 0.4) is 0 Å². The predicted octanol–water partition coefficient (Wildman–Crippen LogP) is 3.28. The Balaban J connectivity index is 1.65. The summed E-state index contributed by atoms with van der Waals surface area (Å²) in [5.74, 6) is 0.490. The predicted molar refractivity (Wildman–Crippen MR) is 106 cm³/mol. The van der Waals surface area contributed by atoms with Gasteiger partial charge in [-0.05, 0) is 23.3 Å². The Morgan fingerprint density at radius 1 is 1.04 bits per heavy atom. The summed E-state index contributed by atoms with van der Waals surface area (Å²) in [4.78, 5) is 8.68. The smallest absolute Gasteiger partial charge is 0.255 e. The Morgan fingerprint density at radius 3 is 2.43 bits per heavy atom. The van der Waals surface area contributed by atoms with Crippen LogP contribution in [0.5, 0.6) is 5.88 Å². The van der Waals surface area contributed by atoms with Gasteiger partial charge in [-0.1, -0.05) is 24.3 Å². The molecule has 0 radical (unpaired) electrons. The van der Waals surface area contributed by atoms with Crippen molar-refractivity contribution < 1.29 is 4.74 Å². The largest absolute Gasteiger partial charge is 0.479 e. The van der Waals surface area contributed by atoms with Crippen LogP contribution in [0.25, 0.3) is 17.5 Å². The van der Waals surface area contributed by atoms with Crippen LogP contribution in [-0.4, -0.2) is 36.0 Å². The fourth-order valence-corrected chi connectivity index (χ4v) is 4.24. The van der Waals surface area contributed by atoms with Crippen molar-refractivity contribution in [1.29, 1.82) is 0 Å². The van der Waals surface area contributed by atoms with E-state index in [-0.39, 0.29) is 5.41 Å². The van der Waals surface area contributed by atoms with E-state index in [9.17, 15) is 0 Å². The molecular weight excluding hydrogens is 372 g/mol. The van der Waals surface area contributed by atoms with Crippen LogP contribution in [-0.2, 0) is 11.8 Å². The fourth-order valence-electron chi connectivity index (χ4n) is 3.72. The molecule has 0 saturated carbocycles. The first kappa shape index (κ1) is 16.8. The molecule has 0 aromatic carbocycles. The van der Waals surface area contributed by atoms with Gasteiger partial charge in [-0.2, -0.15) is 9.47 Å². The van der Waals surface area contributed by atoms with Gasteiger partial charge in [0.15, 0.2) is 5.69 Å². The summed E-state index contributed by atoms with van der Waals surface area (Å²) in [5.41, 5.74) is 5.29. The van der Waals surface area contributed by atoms with Gasteiger partial charge in [-0.15, -0.1) is 4.37 Å². The van der Waals surface area contributed by atoms with Crippen LogP contribution >= 0.6 is 11.7 Å². The van der Waals surface area contributed by atoms with E-state index in [2.05, 4.69) is 53.2 Å². The summed E-state index contributed by atoms with van der Waals surface area (Å²) in [5, 5.41) is 7.72. The summed E-state index contributed by atoms with van der Waals surface area (Å²) >= 11 is 1.11. The van der Waals surface area contributed by atoms with E-state index in [0.717, 1.165) is 39.8 Å². The standard InChI is InChI=1S/C20H16N6OS/c1-27-19-18(25-28-26-19)17-15-6-7-20(10-16(15)23-24-17,13-4-2-8-21-11-13)14-5-3-9-22-12-14/h2-9,11-12H,10H2,1H3,(H,23,24). The molecule has 0 spiro atoms. The highest BCUT2D eigenvalue weighted by molar-refractivity contribution is 6.99. The quantitative estimate of drug-likeness (QED) is 0.577. The van der Waals surface area contributed by atoms with Crippen molar-refractivity contribution in [3.05, 3.63) is 77.5 Å². The highest BCUT2D eigenvalue weighted by Crippen LogP contribution is 2.43. The number of hydrogen-bond acceptors (Lipinski definition) is 7. The van der Waals surface area contributed by atoms with Crippen LogP contribution in [0.15, 0.2) is 55.1 Å². The minimum absolute atomic E-state index is 0.371. The molecule has 8 heteroatoms. The van der Waals surface area contributed by atoms with E-state index in [1.165, 1.54) is 0 Å². The maximum atomic E-state index is 5.32. The van der Waals surface area contributed by atoms with Crippen molar-refractivity contribution in [2.45, 2.75) is 11.8 Å². The van der Waals surface area contributed by atoms with Crippen molar-refractivity contribution in [3.63, 3.8) is 0 Å². The van der Waals surface area contributed by atoms with Crippen LogP contribution in [0.4, 0.5) is 0 Å². The number of ether oxygens (including phenoxy) is 1. The molecule has 4 heterocycles. The molecule has 0 saturated heterocycles. The molecule has 1 N–H and O–H groups in total. The second kappa shape index (κ2) is 6.65. The summed E-state index contributed by atoms with van der Waals surface area (Å²) in [6.45, 7) is 0. The van der Waals surface area contributed by atoms with E-state index in [4.69, 9.17) is 4.74 Å². The number of nitrogens with zero attached hydrogens (tertiary/aromatic N) is 5. The van der Waals surface area contributed by atoms with Crippen LogP contribution in [0.1, 0.15) is 22.4 Å². The molecular formula is C20H16N6OS. The minimum atomic E-state index is -0.371. The van der Waals surface area contributed by atoms with Crippen LogP contribution in [0, 0.1) is 0 Å². The fraction of sp³-hybridized carbons (Fsp3) is 0.150. The van der Waals surface area contributed by atoms with Crippen molar-refractivity contribution in [1.82, 2.24) is 28.9 Å². The molecule has 7 nitrogen and oxygen atoms in total. The lowest BCUT2D eigenvalue weighted by molar-refractivity contribution is 0.403. The third kappa shape index (κ3) is 2.53. The summed E-state index contributed by atoms with van der Waals surface area (Å²) in [6, 6.07) is 8.11. The van der Waals surface area contributed by atoms with Gasteiger partial charge in [0.2, 0.25) is 0 Å². The number of aromatic amines is 1. The van der Waals surface area contributed by atoms with Gasteiger partial charge in [-0.25, -0.2) is 0 Å². The number of aromatic nitrogens is 6. The van der Waals surface area contributed by atoms with E-state index in [0.29, 0.717) is 18.0 Å². The van der Waals surface area contributed by atoms with Gasteiger partial charge in [-0.3, -0.25) is 15.1 Å².